The van der Waals surface area contributed by atoms with Gasteiger partial charge in [-0.2, -0.15) is 5.10 Å². The lowest BCUT2D eigenvalue weighted by Crippen LogP contribution is -2.49. The molecule has 2 aliphatic heterocycles. The van der Waals surface area contributed by atoms with E-state index in [1.807, 2.05) is 67.6 Å². The summed E-state index contributed by atoms with van der Waals surface area (Å²) in [5.74, 6) is 7.00. The number of carbonyl (C=O) groups is 3. The molecule has 4 N–H and O–H groups in total. The van der Waals surface area contributed by atoms with Crippen LogP contribution in [0.3, 0.4) is 0 Å². The number of hydrogen-bond acceptors (Lipinski definition) is 14. The molecule has 0 bridgehead atoms. The third-order valence-corrected chi connectivity index (χ3v) is 16.7. The van der Waals surface area contributed by atoms with E-state index >= 15 is 0 Å². The molecule has 1 atom stereocenters. The van der Waals surface area contributed by atoms with Gasteiger partial charge in [0.15, 0.2) is 5.52 Å². The summed E-state index contributed by atoms with van der Waals surface area (Å²) in [6.45, 7) is 8.30. The number of anilines is 2. The SMILES string of the molecule is COc1cc(C(=O)N(C)CCOCCOCCOCCNC(=O)Cc2ccc(-c3c4ncn(CC5(O)CCN(C(=O)C[C@@H](C)c6ccccc6)CC5)c(=O)c4nn3C)cc2)ccc1NCC#Cc1cc2c(NC3CCN(C)CC3)cccc2n1CBr. The van der Waals surface area contributed by atoms with Crippen molar-refractivity contribution < 1.29 is 38.4 Å². The minimum atomic E-state index is -1.17. The van der Waals surface area contributed by atoms with Crippen molar-refractivity contribution >= 4 is 67.0 Å². The maximum absolute atomic E-state index is 13.7. The molecule has 456 valence electrons. The molecule has 3 aromatic heterocycles. The summed E-state index contributed by atoms with van der Waals surface area (Å²) in [4.78, 5) is 63.4. The van der Waals surface area contributed by atoms with Crippen molar-refractivity contribution in [3.63, 3.8) is 0 Å². The zero-order chi connectivity index (χ0) is 60.6. The fourth-order valence-corrected chi connectivity index (χ4v) is 11.6. The Labute approximate surface area is 511 Å². The summed E-state index contributed by atoms with van der Waals surface area (Å²) in [6.07, 6.45) is 4.95. The van der Waals surface area contributed by atoms with Gasteiger partial charge in [-0.1, -0.05) is 89.4 Å². The van der Waals surface area contributed by atoms with Gasteiger partial charge in [-0.3, -0.25) is 28.4 Å². The third kappa shape index (κ3) is 16.3. The van der Waals surface area contributed by atoms with Gasteiger partial charge in [-0.05, 0) is 105 Å². The molecular weight excluding hydrogens is 1160 g/mol. The number of likely N-dealkylation sites (tertiary alicyclic amines) is 2. The molecule has 0 aliphatic carbocycles. The van der Waals surface area contributed by atoms with E-state index in [1.54, 1.807) is 47.8 Å². The first-order valence-corrected chi connectivity index (χ1v) is 30.7. The Bertz CT molecular complexity index is 3540. The van der Waals surface area contributed by atoms with E-state index in [9.17, 15) is 24.3 Å². The number of rotatable bonds is 27. The van der Waals surface area contributed by atoms with Crippen LogP contribution >= 0.6 is 15.9 Å². The van der Waals surface area contributed by atoms with Gasteiger partial charge >= 0.3 is 0 Å². The zero-order valence-corrected chi connectivity index (χ0v) is 51.6. The number of methoxy groups -OCH3 is 1. The molecule has 2 aliphatic rings. The quantitative estimate of drug-likeness (QED) is 0.0230. The molecule has 3 amide bonds. The summed E-state index contributed by atoms with van der Waals surface area (Å²) in [5.41, 5.74) is 7.51. The van der Waals surface area contributed by atoms with Crippen molar-refractivity contribution in [1.29, 1.82) is 0 Å². The number of aromatic nitrogens is 5. The number of fused-ring (bicyclic) bond motifs is 2. The average molecular weight is 1240 g/mol. The molecule has 0 saturated carbocycles. The smallest absolute Gasteiger partial charge is 0.281 e. The van der Waals surface area contributed by atoms with Gasteiger partial charge in [-0.25, -0.2) is 4.98 Å². The minimum Gasteiger partial charge on any atom is -0.495 e. The Hall–Kier alpha value is -7.58. The fourth-order valence-electron chi connectivity index (χ4n) is 11.1. The monoisotopic (exact) mass is 1240 g/mol. The van der Waals surface area contributed by atoms with Crippen LogP contribution < -0.4 is 26.2 Å². The molecule has 2 fully saturated rings. The molecule has 4 aromatic carbocycles. The van der Waals surface area contributed by atoms with Crippen LogP contribution in [0.15, 0.2) is 108 Å². The highest BCUT2D eigenvalue weighted by Crippen LogP contribution is 2.32. The number of aliphatic hydroxyl groups is 1. The summed E-state index contributed by atoms with van der Waals surface area (Å²) < 4.78 is 27.9. The van der Waals surface area contributed by atoms with Gasteiger partial charge in [0.25, 0.3) is 11.5 Å². The summed E-state index contributed by atoms with van der Waals surface area (Å²) in [5, 5.41) is 27.3. The van der Waals surface area contributed by atoms with Crippen molar-refractivity contribution in [2.45, 2.75) is 75.0 Å². The molecule has 20 nitrogen and oxygen atoms in total. The molecule has 0 unspecified atom stereocenters. The number of nitrogens with zero attached hydrogens (tertiary/aromatic N) is 8. The van der Waals surface area contributed by atoms with Crippen LogP contribution in [0, 0.1) is 11.8 Å². The maximum Gasteiger partial charge on any atom is 0.281 e. The Morgan fingerprint density at radius 3 is 2.30 bits per heavy atom. The molecule has 0 spiro atoms. The van der Waals surface area contributed by atoms with Crippen molar-refractivity contribution in [3.8, 4) is 28.8 Å². The van der Waals surface area contributed by atoms with Crippen molar-refractivity contribution in [1.82, 2.24) is 43.9 Å². The van der Waals surface area contributed by atoms with Gasteiger partial charge in [0, 0.05) is 74.9 Å². The number of nitrogens with one attached hydrogen (secondary N) is 3. The topological polar surface area (TPSA) is 212 Å². The van der Waals surface area contributed by atoms with Gasteiger partial charge in [0.2, 0.25) is 11.8 Å². The van der Waals surface area contributed by atoms with Crippen molar-refractivity contribution in [3.05, 3.63) is 136 Å². The predicted molar refractivity (Wildman–Crippen MR) is 338 cm³/mol. The lowest BCUT2D eigenvalue weighted by atomic mass is 9.90. The second-order valence-electron chi connectivity index (χ2n) is 22.4. The number of ether oxygens (including phenoxy) is 4. The minimum absolute atomic E-state index is 0.0441. The van der Waals surface area contributed by atoms with Crippen molar-refractivity contribution in [2.24, 2.45) is 7.05 Å². The number of piperidine rings is 2. The average Bonchev–Trinajstić information content (AvgIpc) is 2.10. The molecule has 7 aromatic rings. The highest BCUT2D eigenvalue weighted by molar-refractivity contribution is 9.08. The number of carbonyl (C=O) groups excluding carboxylic acids is 3. The van der Waals surface area contributed by atoms with Crippen LogP contribution in [0.4, 0.5) is 11.4 Å². The van der Waals surface area contributed by atoms with E-state index in [-0.39, 0.29) is 47.7 Å². The van der Waals surface area contributed by atoms with Crippen molar-refractivity contribution in [2.75, 3.05) is 117 Å². The Morgan fingerprint density at radius 2 is 1.58 bits per heavy atom. The van der Waals surface area contributed by atoms with E-state index in [0.717, 1.165) is 70.6 Å². The standard InChI is InChI=1S/C65H80BrN11O9/c1-46(48-11-7-6-8-12-48)39-59(79)75-30-24-65(82,25-31-75)43-76-45-69-60-61(64(76)81)71-74(4)62(60)49-18-16-47(17-19-49)40-58(78)68-27-33-84-35-37-86-38-36-85-34-32-73(3)63(80)50-20-21-55(57(41-50)83-5)67-26-10-13-52-42-53-54(14-9-15-56(53)77(52)44-66)70-51-22-28-72(2)29-23-51/h6-9,11-12,14-21,41-42,45-46,51,67,70,82H,22-40,43-44H2,1-5H3,(H,68,78)/t46-/m1/s1. The number of likely N-dealkylation sites (N-methyl/N-ethyl adjacent to an activating group) is 1. The molecule has 2 saturated heterocycles. The Kier molecular flexibility index (Phi) is 22.1. The number of benzene rings is 4. The van der Waals surface area contributed by atoms with Gasteiger partial charge in [0.05, 0.1) is 106 Å². The first-order chi connectivity index (χ1) is 41.7. The first kappa shape index (κ1) is 62.9. The Balaban J connectivity index is 0.621. The number of hydrogen-bond donors (Lipinski definition) is 4. The lowest BCUT2D eigenvalue weighted by molar-refractivity contribution is -0.136. The number of aryl methyl sites for hydroxylation is 1. The van der Waals surface area contributed by atoms with Crippen LogP contribution in [0.25, 0.3) is 33.2 Å². The maximum atomic E-state index is 13.7. The normalized spacial score (nSPS) is 14.8. The van der Waals surface area contributed by atoms with Crippen LogP contribution in [-0.2, 0) is 49.3 Å². The summed E-state index contributed by atoms with van der Waals surface area (Å²) in [7, 11) is 7.25. The number of amides is 3. The van der Waals surface area contributed by atoms with Crippen LogP contribution in [-0.4, -0.2) is 180 Å². The predicted octanol–water partition coefficient (Wildman–Crippen LogP) is 7.11. The third-order valence-electron chi connectivity index (χ3n) is 16.2. The highest BCUT2D eigenvalue weighted by atomic mass is 79.9. The van der Waals surface area contributed by atoms with E-state index in [4.69, 9.17) is 18.9 Å². The second kappa shape index (κ2) is 30.2. The molecule has 9 rings (SSSR count). The molecule has 21 heteroatoms. The molecule has 0 radical (unpaired) electrons. The second-order valence-corrected chi connectivity index (χ2v) is 22.9. The van der Waals surface area contributed by atoms with Gasteiger partial charge < -0.3 is 59.3 Å². The van der Waals surface area contributed by atoms with Crippen LogP contribution in [0.2, 0.25) is 0 Å². The molecule has 86 heavy (non-hydrogen) atoms. The zero-order valence-electron chi connectivity index (χ0n) is 50.0. The van der Waals surface area contributed by atoms with E-state index in [1.165, 1.54) is 10.9 Å². The number of halogens is 1. The molecular formula is C65H80BrN11O9. The number of alkyl halides is 1. The summed E-state index contributed by atoms with van der Waals surface area (Å²) in [6, 6.07) is 31.8. The first-order valence-electron chi connectivity index (χ1n) is 29.6. The fraction of sp³-hybridized carbons (Fsp3) is 0.446. The van der Waals surface area contributed by atoms with E-state index in [2.05, 4.69) is 94.6 Å². The molecule has 5 heterocycles. The van der Waals surface area contributed by atoms with E-state index < -0.39 is 5.60 Å². The van der Waals surface area contributed by atoms with Gasteiger partial charge in [0.1, 0.15) is 11.3 Å². The largest absolute Gasteiger partial charge is 0.495 e. The van der Waals surface area contributed by atoms with E-state index in [0.29, 0.717) is 126 Å². The van der Waals surface area contributed by atoms with Crippen LogP contribution in [0.1, 0.15) is 72.1 Å². The Morgan fingerprint density at radius 1 is 0.860 bits per heavy atom. The van der Waals surface area contributed by atoms with Gasteiger partial charge in [-0.15, -0.1) is 0 Å². The van der Waals surface area contributed by atoms with Crippen LogP contribution in [0.5, 0.6) is 5.75 Å². The highest BCUT2D eigenvalue weighted by Gasteiger charge is 2.35. The summed E-state index contributed by atoms with van der Waals surface area (Å²) >= 11 is 3.67. The lowest BCUT2D eigenvalue weighted by Gasteiger charge is -2.38.